The highest BCUT2D eigenvalue weighted by Crippen LogP contribution is 2.40. The molecule has 1 unspecified atom stereocenters. The largest absolute Gasteiger partial charge is 0.505 e. The van der Waals surface area contributed by atoms with E-state index in [2.05, 4.69) is 4.98 Å². The van der Waals surface area contributed by atoms with Crippen molar-refractivity contribution in [2.45, 2.75) is 32.7 Å². The average molecular weight is 464 g/mol. The molecule has 178 valence electrons. The topological polar surface area (TPSA) is 93.4 Å². The number of hydrogen-bond donors (Lipinski definition) is 1. The predicted molar refractivity (Wildman–Crippen MR) is 128 cm³/mol. The van der Waals surface area contributed by atoms with Crippen LogP contribution in [0.2, 0.25) is 0 Å². The third kappa shape index (κ3) is 4.28. The monoisotopic (exact) mass is 463 g/mol. The van der Waals surface area contributed by atoms with Gasteiger partial charge in [0.25, 0.3) is 11.7 Å². The summed E-state index contributed by atoms with van der Waals surface area (Å²) in [6, 6.07) is 12.1. The molecule has 8 heteroatoms. The fraction of sp³-hybridized carbons (Fsp3) is 0.346. The molecule has 0 radical (unpaired) electrons. The molecule has 0 bridgehead atoms. The summed E-state index contributed by atoms with van der Waals surface area (Å²) in [5.74, 6) is -0.878. The van der Waals surface area contributed by atoms with E-state index in [0.29, 0.717) is 54.5 Å². The fourth-order valence-electron chi connectivity index (χ4n) is 4.33. The number of carbonyl (C=O) groups excluding carboxylic acids is 2. The molecule has 1 fully saturated rings. The fourth-order valence-corrected chi connectivity index (χ4v) is 4.33. The predicted octanol–water partition coefficient (Wildman–Crippen LogP) is 3.89. The highest BCUT2D eigenvalue weighted by molar-refractivity contribution is 6.46. The number of ether oxygens (including phenoxy) is 2. The van der Waals surface area contributed by atoms with Gasteiger partial charge in [-0.15, -0.1) is 0 Å². The van der Waals surface area contributed by atoms with Gasteiger partial charge in [0.05, 0.1) is 23.9 Å². The lowest BCUT2D eigenvalue weighted by Crippen LogP contribution is -2.31. The number of benzene rings is 1. The number of aromatic nitrogens is 2. The summed E-state index contributed by atoms with van der Waals surface area (Å²) in [4.78, 5) is 32.3. The van der Waals surface area contributed by atoms with Crippen LogP contribution in [0.15, 0.2) is 54.2 Å². The van der Waals surface area contributed by atoms with Crippen LogP contribution in [0.1, 0.15) is 42.8 Å². The van der Waals surface area contributed by atoms with E-state index in [1.54, 1.807) is 24.6 Å². The maximum absolute atomic E-state index is 13.2. The Bertz CT molecular complexity index is 1230. The number of aliphatic hydroxyl groups excluding tert-OH is 1. The number of pyridine rings is 1. The average Bonchev–Trinajstić information content (AvgIpc) is 3.31. The summed E-state index contributed by atoms with van der Waals surface area (Å²) in [5.41, 5.74) is 2.38. The molecule has 0 aliphatic carbocycles. The Morgan fingerprint density at radius 3 is 2.59 bits per heavy atom. The second-order valence-corrected chi connectivity index (χ2v) is 8.23. The first kappa shape index (κ1) is 23.5. The number of aryl methyl sites for hydroxylation is 1. The molecule has 34 heavy (non-hydrogen) atoms. The van der Waals surface area contributed by atoms with E-state index < -0.39 is 17.7 Å². The van der Waals surface area contributed by atoms with Gasteiger partial charge in [0.1, 0.15) is 17.1 Å². The number of imidazole rings is 1. The molecule has 1 aliphatic heterocycles. The van der Waals surface area contributed by atoms with Crippen molar-refractivity contribution in [2.24, 2.45) is 0 Å². The zero-order valence-corrected chi connectivity index (χ0v) is 19.7. The van der Waals surface area contributed by atoms with Crippen LogP contribution in [0.5, 0.6) is 5.75 Å². The molecule has 2 aromatic heterocycles. The first-order valence-corrected chi connectivity index (χ1v) is 11.4. The summed E-state index contributed by atoms with van der Waals surface area (Å²) in [6.07, 6.45) is 3.22. The Hall–Kier alpha value is -3.65. The van der Waals surface area contributed by atoms with E-state index in [-0.39, 0.29) is 11.3 Å². The number of hydrogen-bond acceptors (Lipinski definition) is 6. The molecule has 1 aliphatic rings. The second kappa shape index (κ2) is 10.1. The standard InChI is InChI=1S/C26H29N3O5/c1-4-15-34-19-11-9-18(10-12-19)23-21(25(31)26(32)29(23)14-7-16-33-3)24(30)22-17(2)27-20-8-5-6-13-28(20)22/h5-6,8-13,23,30H,4,7,14-16H2,1-3H3/b24-21+. The molecule has 4 rings (SSSR count). The quantitative estimate of drug-likeness (QED) is 0.224. The Morgan fingerprint density at radius 2 is 1.88 bits per heavy atom. The van der Waals surface area contributed by atoms with E-state index in [0.717, 1.165) is 6.42 Å². The van der Waals surface area contributed by atoms with Gasteiger partial charge in [-0.2, -0.15) is 0 Å². The summed E-state index contributed by atoms with van der Waals surface area (Å²) < 4.78 is 12.5. The van der Waals surface area contributed by atoms with Crippen LogP contribution in [0, 0.1) is 6.92 Å². The van der Waals surface area contributed by atoms with E-state index in [9.17, 15) is 14.7 Å². The molecule has 8 nitrogen and oxygen atoms in total. The van der Waals surface area contributed by atoms with E-state index in [4.69, 9.17) is 9.47 Å². The summed E-state index contributed by atoms with van der Waals surface area (Å²) in [7, 11) is 1.59. The minimum Gasteiger partial charge on any atom is -0.505 e. The molecule has 1 atom stereocenters. The molecule has 3 aromatic rings. The molecular formula is C26H29N3O5. The maximum Gasteiger partial charge on any atom is 0.295 e. The Balaban J connectivity index is 1.83. The van der Waals surface area contributed by atoms with Crippen LogP contribution in [0.25, 0.3) is 11.4 Å². The van der Waals surface area contributed by atoms with Crippen molar-refractivity contribution in [1.82, 2.24) is 14.3 Å². The van der Waals surface area contributed by atoms with Gasteiger partial charge in [0.15, 0.2) is 5.76 Å². The van der Waals surface area contributed by atoms with Crippen LogP contribution >= 0.6 is 0 Å². The number of rotatable bonds is 9. The molecule has 0 spiro atoms. The molecule has 1 saturated heterocycles. The lowest BCUT2D eigenvalue weighted by Gasteiger charge is -2.25. The summed E-state index contributed by atoms with van der Waals surface area (Å²) in [5, 5.41) is 11.4. The van der Waals surface area contributed by atoms with Gasteiger partial charge in [-0.25, -0.2) is 4.98 Å². The van der Waals surface area contributed by atoms with Crippen molar-refractivity contribution in [1.29, 1.82) is 0 Å². The van der Waals surface area contributed by atoms with Crippen molar-refractivity contribution in [3.8, 4) is 5.75 Å². The second-order valence-electron chi connectivity index (χ2n) is 8.23. The van der Waals surface area contributed by atoms with Crippen molar-refractivity contribution in [3.63, 3.8) is 0 Å². The van der Waals surface area contributed by atoms with Gasteiger partial charge >= 0.3 is 0 Å². The molecule has 1 N–H and O–H groups in total. The van der Waals surface area contributed by atoms with Crippen LogP contribution in [-0.2, 0) is 14.3 Å². The number of methoxy groups -OCH3 is 1. The number of fused-ring (bicyclic) bond motifs is 1. The number of ketones is 1. The highest BCUT2D eigenvalue weighted by Gasteiger charge is 2.46. The van der Waals surface area contributed by atoms with Crippen LogP contribution in [0.4, 0.5) is 0 Å². The maximum atomic E-state index is 13.2. The first-order chi connectivity index (χ1) is 16.5. The minimum absolute atomic E-state index is 0.0541. The van der Waals surface area contributed by atoms with Gasteiger partial charge < -0.3 is 19.5 Å². The SMILES string of the molecule is CCCOc1ccc(C2/C(=C(\O)c3c(C)nc4ccccn34)C(=O)C(=O)N2CCCOC)cc1. The first-order valence-electron chi connectivity index (χ1n) is 11.4. The lowest BCUT2D eigenvalue weighted by atomic mass is 9.96. The molecular weight excluding hydrogens is 434 g/mol. The van der Waals surface area contributed by atoms with Gasteiger partial charge in [-0.05, 0) is 49.6 Å². The molecule has 3 heterocycles. The number of Topliss-reactive ketones (excluding diaryl/α,β-unsaturated/α-hetero) is 1. The van der Waals surface area contributed by atoms with Gasteiger partial charge in [-0.1, -0.05) is 25.1 Å². The van der Waals surface area contributed by atoms with E-state index in [1.165, 1.54) is 4.90 Å². The Labute approximate surface area is 198 Å². The zero-order valence-electron chi connectivity index (χ0n) is 19.7. The summed E-state index contributed by atoms with van der Waals surface area (Å²) in [6.45, 7) is 5.17. The number of nitrogens with zero attached hydrogens (tertiary/aromatic N) is 3. The normalized spacial score (nSPS) is 17.6. The van der Waals surface area contributed by atoms with Crippen LogP contribution in [0.3, 0.4) is 0 Å². The third-order valence-electron chi connectivity index (χ3n) is 5.88. The van der Waals surface area contributed by atoms with Gasteiger partial charge in [0, 0.05) is 26.5 Å². The number of aliphatic hydroxyl groups is 1. The third-order valence-corrected chi connectivity index (χ3v) is 5.88. The van der Waals surface area contributed by atoms with E-state index in [1.807, 2.05) is 49.4 Å². The number of likely N-dealkylation sites (tertiary alicyclic amines) is 1. The molecule has 1 amide bonds. The van der Waals surface area contributed by atoms with Gasteiger partial charge in [0.2, 0.25) is 0 Å². The van der Waals surface area contributed by atoms with Crippen LogP contribution < -0.4 is 4.74 Å². The lowest BCUT2D eigenvalue weighted by molar-refractivity contribution is -0.140. The molecule has 1 aromatic carbocycles. The van der Waals surface area contributed by atoms with Gasteiger partial charge in [-0.3, -0.25) is 14.0 Å². The van der Waals surface area contributed by atoms with Crippen molar-refractivity contribution in [2.75, 3.05) is 26.9 Å². The number of carbonyl (C=O) groups is 2. The van der Waals surface area contributed by atoms with Crippen molar-refractivity contribution >= 4 is 23.1 Å². The highest BCUT2D eigenvalue weighted by atomic mass is 16.5. The zero-order chi connectivity index (χ0) is 24.2. The van der Waals surface area contributed by atoms with Crippen molar-refractivity contribution in [3.05, 3.63) is 71.2 Å². The van der Waals surface area contributed by atoms with Crippen LogP contribution in [-0.4, -0.2) is 57.9 Å². The Morgan fingerprint density at radius 1 is 1.12 bits per heavy atom. The molecule has 0 saturated carbocycles. The Kier molecular flexibility index (Phi) is 6.98. The van der Waals surface area contributed by atoms with Crippen molar-refractivity contribution < 1.29 is 24.2 Å². The smallest absolute Gasteiger partial charge is 0.295 e. The number of amides is 1. The summed E-state index contributed by atoms with van der Waals surface area (Å²) >= 11 is 0. The minimum atomic E-state index is -0.731. The van der Waals surface area contributed by atoms with E-state index >= 15 is 0 Å².